The molecule has 3 nitrogen and oxygen atoms in total. The van der Waals surface area contributed by atoms with Gasteiger partial charge in [-0.2, -0.15) is 0 Å². The van der Waals surface area contributed by atoms with Crippen LogP contribution in [0.4, 0.5) is 0 Å². The molecule has 0 aromatic heterocycles. The van der Waals surface area contributed by atoms with E-state index in [0.29, 0.717) is 6.61 Å². The molecule has 94 valence electrons. The van der Waals surface area contributed by atoms with Gasteiger partial charge in [0.2, 0.25) is 0 Å². The summed E-state index contributed by atoms with van der Waals surface area (Å²) in [7, 11) is 0. The molecule has 0 spiro atoms. The Morgan fingerprint density at radius 1 is 1.38 bits per heavy atom. The Bertz CT molecular complexity index is 219. The normalized spacial score (nSPS) is 19.6. The molecule has 16 heavy (non-hydrogen) atoms. The van der Waals surface area contributed by atoms with Crippen molar-refractivity contribution < 1.29 is 14.3 Å². The molecule has 0 saturated carbocycles. The smallest absolute Gasteiger partial charge is 0.311 e. The Morgan fingerprint density at radius 2 is 2.06 bits per heavy atom. The van der Waals surface area contributed by atoms with Crippen LogP contribution in [0.25, 0.3) is 0 Å². The summed E-state index contributed by atoms with van der Waals surface area (Å²) in [6.45, 7) is 7.29. The zero-order valence-electron chi connectivity index (χ0n) is 10.8. The third-order valence-corrected chi connectivity index (χ3v) is 3.01. The molecule has 1 aliphatic heterocycles. The summed E-state index contributed by atoms with van der Waals surface area (Å²) in [5.74, 6) is -0.0838. The number of unbranched alkanes of at least 4 members (excludes halogenated alkanes) is 3. The fourth-order valence-corrected chi connectivity index (χ4v) is 1.62. The van der Waals surface area contributed by atoms with Crippen molar-refractivity contribution in [2.24, 2.45) is 5.41 Å². The van der Waals surface area contributed by atoms with E-state index in [1.165, 1.54) is 19.3 Å². The zero-order chi connectivity index (χ0) is 12.0. The van der Waals surface area contributed by atoms with E-state index in [0.717, 1.165) is 19.4 Å². The number of hydrogen-bond acceptors (Lipinski definition) is 3. The van der Waals surface area contributed by atoms with E-state index in [4.69, 9.17) is 9.47 Å². The Kier molecular flexibility index (Phi) is 5.26. The third kappa shape index (κ3) is 4.97. The van der Waals surface area contributed by atoms with Gasteiger partial charge in [-0.15, -0.1) is 0 Å². The van der Waals surface area contributed by atoms with Crippen LogP contribution in [0.5, 0.6) is 0 Å². The minimum absolute atomic E-state index is 0.0838. The molecule has 0 N–H and O–H groups in total. The van der Waals surface area contributed by atoms with Gasteiger partial charge in [0.15, 0.2) is 0 Å². The first kappa shape index (κ1) is 13.5. The monoisotopic (exact) mass is 228 g/mol. The Hall–Kier alpha value is -0.570. The lowest BCUT2D eigenvalue weighted by Crippen LogP contribution is -2.27. The summed E-state index contributed by atoms with van der Waals surface area (Å²) in [6, 6.07) is 0. The molecule has 0 aromatic carbocycles. The van der Waals surface area contributed by atoms with Crippen molar-refractivity contribution in [1.82, 2.24) is 0 Å². The molecule has 0 bridgehead atoms. The summed E-state index contributed by atoms with van der Waals surface area (Å²) in [4.78, 5) is 11.8. The summed E-state index contributed by atoms with van der Waals surface area (Å²) in [5.41, 5.74) is -0.345. The lowest BCUT2D eigenvalue weighted by Gasteiger charge is -2.22. The number of epoxide rings is 1. The summed E-state index contributed by atoms with van der Waals surface area (Å²) in [6.07, 6.45) is 5.87. The topological polar surface area (TPSA) is 38.8 Å². The average molecular weight is 228 g/mol. The van der Waals surface area contributed by atoms with Crippen LogP contribution in [0.2, 0.25) is 0 Å². The van der Waals surface area contributed by atoms with E-state index in [1.807, 2.05) is 13.8 Å². The molecular weight excluding hydrogens is 204 g/mol. The first-order chi connectivity index (χ1) is 7.56. The van der Waals surface area contributed by atoms with Gasteiger partial charge in [-0.05, 0) is 20.3 Å². The van der Waals surface area contributed by atoms with Gasteiger partial charge < -0.3 is 9.47 Å². The molecule has 1 saturated heterocycles. The summed E-state index contributed by atoms with van der Waals surface area (Å²) in [5, 5.41) is 0. The highest BCUT2D eigenvalue weighted by Crippen LogP contribution is 2.26. The fraction of sp³-hybridized carbons (Fsp3) is 0.923. The second-order valence-electron chi connectivity index (χ2n) is 5.25. The SMILES string of the molecule is CCCCCCC(C)(C)C(=O)OCC1CO1. The molecule has 1 atom stereocenters. The van der Waals surface area contributed by atoms with Gasteiger partial charge in [0, 0.05) is 0 Å². The van der Waals surface area contributed by atoms with Crippen molar-refractivity contribution in [2.45, 2.75) is 59.0 Å². The number of carbonyl (C=O) groups excluding carboxylic acids is 1. The molecule has 0 radical (unpaired) electrons. The van der Waals surface area contributed by atoms with Gasteiger partial charge in [-0.1, -0.05) is 32.6 Å². The molecular formula is C13H24O3. The summed E-state index contributed by atoms with van der Waals surface area (Å²) < 4.78 is 10.2. The van der Waals surface area contributed by atoms with Crippen LogP contribution in [0.1, 0.15) is 52.9 Å². The van der Waals surface area contributed by atoms with Crippen LogP contribution in [-0.4, -0.2) is 25.3 Å². The van der Waals surface area contributed by atoms with E-state index in [2.05, 4.69) is 6.92 Å². The molecule has 1 rings (SSSR count). The number of ether oxygens (including phenoxy) is 2. The Labute approximate surface area is 98.5 Å². The Morgan fingerprint density at radius 3 is 2.62 bits per heavy atom. The molecule has 3 heteroatoms. The molecule has 0 aliphatic carbocycles. The van der Waals surface area contributed by atoms with Crippen molar-refractivity contribution in [3.63, 3.8) is 0 Å². The fourth-order valence-electron chi connectivity index (χ4n) is 1.62. The quantitative estimate of drug-likeness (QED) is 0.364. The first-order valence-corrected chi connectivity index (χ1v) is 6.35. The van der Waals surface area contributed by atoms with Crippen LogP contribution in [0.15, 0.2) is 0 Å². The van der Waals surface area contributed by atoms with Crippen molar-refractivity contribution in [2.75, 3.05) is 13.2 Å². The maximum absolute atomic E-state index is 11.8. The highest BCUT2D eigenvalue weighted by atomic mass is 16.6. The largest absolute Gasteiger partial charge is 0.462 e. The van der Waals surface area contributed by atoms with Crippen molar-refractivity contribution in [1.29, 1.82) is 0 Å². The van der Waals surface area contributed by atoms with E-state index in [9.17, 15) is 4.79 Å². The van der Waals surface area contributed by atoms with Gasteiger partial charge in [0.25, 0.3) is 0 Å². The number of hydrogen-bond donors (Lipinski definition) is 0. The lowest BCUT2D eigenvalue weighted by atomic mass is 9.87. The first-order valence-electron chi connectivity index (χ1n) is 6.35. The molecule has 0 aromatic rings. The maximum Gasteiger partial charge on any atom is 0.311 e. The predicted molar refractivity (Wildman–Crippen MR) is 63.2 cm³/mol. The van der Waals surface area contributed by atoms with Crippen LogP contribution < -0.4 is 0 Å². The standard InChI is InChI=1S/C13H24O3/c1-4-5-6-7-8-13(2,3)12(14)16-10-11-9-15-11/h11H,4-10H2,1-3H3. The highest BCUT2D eigenvalue weighted by molar-refractivity contribution is 5.75. The van der Waals surface area contributed by atoms with Crippen molar-refractivity contribution >= 4 is 5.97 Å². The van der Waals surface area contributed by atoms with Gasteiger partial charge in [0.05, 0.1) is 12.0 Å². The molecule has 1 heterocycles. The second-order valence-corrected chi connectivity index (χ2v) is 5.25. The maximum atomic E-state index is 11.8. The average Bonchev–Trinajstić information content (AvgIpc) is 3.04. The zero-order valence-corrected chi connectivity index (χ0v) is 10.8. The van der Waals surface area contributed by atoms with Crippen LogP contribution in [-0.2, 0) is 14.3 Å². The van der Waals surface area contributed by atoms with Gasteiger partial charge in [-0.3, -0.25) is 4.79 Å². The predicted octanol–water partition coefficient (Wildman–Crippen LogP) is 2.93. The summed E-state index contributed by atoms with van der Waals surface area (Å²) >= 11 is 0. The van der Waals surface area contributed by atoms with Gasteiger partial charge >= 0.3 is 5.97 Å². The van der Waals surface area contributed by atoms with Crippen LogP contribution in [0.3, 0.4) is 0 Å². The van der Waals surface area contributed by atoms with Crippen LogP contribution >= 0.6 is 0 Å². The highest BCUT2D eigenvalue weighted by Gasteiger charge is 2.31. The molecule has 1 aliphatic rings. The van der Waals surface area contributed by atoms with Gasteiger partial charge in [0.1, 0.15) is 12.7 Å². The van der Waals surface area contributed by atoms with Crippen molar-refractivity contribution in [3.8, 4) is 0 Å². The lowest BCUT2D eigenvalue weighted by molar-refractivity contribution is -0.154. The number of rotatable bonds is 8. The van der Waals surface area contributed by atoms with E-state index >= 15 is 0 Å². The minimum atomic E-state index is -0.345. The van der Waals surface area contributed by atoms with E-state index in [1.54, 1.807) is 0 Å². The number of esters is 1. The van der Waals surface area contributed by atoms with E-state index < -0.39 is 0 Å². The van der Waals surface area contributed by atoms with Crippen molar-refractivity contribution in [3.05, 3.63) is 0 Å². The minimum Gasteiger partial charge on any atom is -0.462 e. The van der Waals surface area contributed by atoms with E-state index in [-0.39, 0.29) is 17.5 Å². The Balaban J connectivity index is 2.15. The molecule has 1 fully saturated rings. The molecule has 1 unspecified atom stereocenters. The number of carbonyl (C=O) groups is 1. The van der Waals surface area contributed by atoms with Crippen LogP contribution in [0, 0.1) is 5.41 Å². The van der Waals surface area contributed by atoms with Gasteiger partial charge in [-0.25, -0.2) is 0 Å². The second kappa shape index (κ2) is 6.24. The third-order valence-electron chi connectivity index (χ3n) is 3.01. The molecule has 0 amide bonds.